The van der Waals surface area contributed by atoms with E-state index in [9.17, 15) is 0 Å². The van der Waals surface area contributed by atoms with Crippen LogP contribution in [0, 0.1) is 0 Å². The molecule has 4 rings (SSSR count). The van der Waals surface area contributed by atoms with Crippen molar-refractivity contribution in [3.63, 3.8) is 0 Å². The maximum Gasteiger partial charge on any atom is 0.213 e. The molecular formula is C26H26IN. The molecule has 3 aromatic carbocycles. The van der Waals surface area contributed by atoms with Crippen molar-refractivity contribution in [1.29, 1.82) is 0 Å². The molecule has 0 aliphatic heterocycles. The van der Waals surface area contributed by atoms with Gasteiger partial charge in [-0.15, -0.1) is 0 Å². The summed E-state index contributed by atoms with van der Waals surface area (Å²) in [6.07, 6.45) is 4.48. The number of benzene rings is 3. The minimum Gasteiger partial charge on any atom is -1.00 e. The van der Waals surface area contributed by atoms with Gasteiger partial charge in [-0.3, -0.25) is 0 Å². The molecule has 0 fully saturated rings. The van der Waals surface area contributed by atoms with Crippen molar-refractivity contribution in [2.24, 2.45) is 7.05 Å². The van der Waals surface area contributed by atoms with Gasteiger partial charge in [-0.25, -0.2) is 0 Å². The number of hydrogen-bond donors (Lipinski definition) is 0. The summed E-state index contributed by atoms with van der Waals surface area (Å²) in [6.45, 7) is 6.75. The minimum atomic E-state index is 0. The van der Waals surface area contributed by atoms with Gasteiger partial charge in [-0.1, -0.05) is 81.5 Å². The van der Waals surface area contributed by atoms with Crippen molar-refractivity contribution in [1.82, 2.24) is 0 Å². The van der Waals surface area contributed by atoms with E-state index in [2.05, 4.69) is 117 Å². The lowest BCUT2D eigenvalue weighted by Gasteiger charge is -2.18. The van der Waals surface area contributed by atoms with Gasteiger partial charge < -0.3 is 24.0 Å². The largest absolute Gasteiger partial charge is 1.00 e. The Morgan fingerprint density at radius 2 is 1.18 bits per heavy atom. The Morgan fingerprint density at radius 3 is 1.68 bits per heavy atom. The van der Waals surface area contributed by atoms with Crippen LogP contribution >= 0.6 is 0 Å². The molecule has 142 valence electrons. The number of para-hydroxylation sites is 2. The summed E-state index contributed by atoms with van der Waals surface area (Å²) >= 11 is 0. The second-order valence-corrected chi connectivity index (χ2v) is 8.21. The van der Waals surface area contributed by atoms with Crippen molar-refractivity contribution in [2.75, 3.05) is 0 Å². The van der Waals surface area contributed by atoms with E-state index < -0.39 is 0 Å². The number of rotatable bonds is 2. The molecule has 0 spiro atoms. The predicted molar refractivity (Wildman–Crippen MR) is 117 cm³/mol. The molecule has 0 aliphatic rings. The summed E-state index contributed by atoms with van der Waals surface area (Å²) in [5, 5.41) is 2.56. The van der Waals surface area contributed by atoms with Crippen molar-refractivity contribution in [3.05, 3.63) is 89.5 Å². The second kappa shape index (κ2) is 8.04. The van der Waals surface area contributed by atoms with Crippen molar-refractivity contribution >= 4 is 34.0 Å². The highest BCUT2D eigenvalue weighted by atomic mass is 127. The summed E-state index contributed by atoms with van der Waals surface area (Å²) in [5.74, 6) is 0. The van der Waals surface area contributed by atoms with Crippen LogP contribution in [0.4, 0.5) is 0 Å². The summed E-state index contributed by atoms with van der Waals surface area (Å²) in [5.41, 5.74) is 6.55. The van der Waals surface area contributed by atoms with Gasteiger partial charge in [0.1, 0.15) is 7.05 Å². The molecule has 28 heavy (non-hydrogen) atoms. The number of hydrogen-bond acceptors (Lipinski definition) is 0. The molecule has 0 amide bonds. The van der Waals surface area contributed by atoms with Crippen LogP contribution in [0.2, 0.25) is 0 Å². The molecule has 0 unspecified atom stereocenters. The fourth-order valence-electron chi connectivity index (χ4n) is 3.72. The van der Waals surface area contributed by atoms with Crippen LogP contribution in [0.3, 0.4) is 0 Å². The van der Waals surface area contributed by atoms with Gasteiger partial charge in [-0.2, -0.15) is 4.57 Å². The van der Waals surface area contributed by atoms with Crippen LogP contribution in [-0.4, -0.2) is 0 Å². The van der Waals surface area contributed by atoms with Gasteiger partial charge in [0.2, 0.25) is 11.0 Å². The van der Waals surface area contributed by atoms with Gasteiger partial charge >= 0.3 is 0 Å². The number of fused-ring (bicyclic) bond motifs is 2. The molecule has 0 saturated carbocycles. The Bertz CT molecular complexity index is 1090. The van der Waals surface area contributed by atoms with E-state index >= 15 is 0 Å². The van der Waals surface area contributed by atoms with Crippen LogP contribution in [0.1, 0.15) is 37.5 Å². The van der Waals surface area contributed by atoms with E-state index in [1.807, 2.05) is 0 Å². The first-order valence-electron chi connectivity index (χ1n) is 9.53. The lowest BCUT2D eigenvalue weighted by molar-refractivity contribution is -0.617. The Kier molecular flexibility index (Phi) is 5.90. The Labute approximate surface area is 184 Å². The monoisotopic (exact) mass is 479 g/mol. The summed E-state index contributed by atoms with van der Waals surface area (Å²) in [7, 11) is 2.14. The molecular weight excluding hydrogens is 453 g/mol. The van der Waals surface area contributed by atoms with E-state index in [-0.39, 0.29) is 29.4 Å². The van der Waals surface area contributed by atoms with Crippen LogP contribution in [0.15, 0.2) is 72.8 Å². The van der Waals surface area contributed by atoms with Gasteiger partial charge in [-0.05, 0) is 28.7 Å². The summed E-state index contributed by atoms with van der Waals surface area (Å²) in [6, 6.07) is 26.2. The SMILES string of the molecule is C[n+]1c2ccccc2c(/C=C/c2ccc(C(C)(C)C)cc2)c2ccccc21.[I-]. The average Bonchev–Trinajstić information content (AvgIpc) is 2.68. The van der Waals surface area contributed by atoms with Crippen LogP contribution in [0.5, 0.6) is 0 Å². The van der Waals surface area contributed by atoms with E-state index in [1.54, 1.807) is 0 Å². The smallest absolute Gasteiger partial charge is 0.213 e. The maximum absolute atomic E-state index is 2.28. The third-order valence-electron chi connectivity index (χ3n) is 5.33. The number of nitrogens with zero attached hydrogens (tertiary/aromatic N) is 1. The fourth-order valence-corrected chi connectivity index (χ4v) is 3.72. The molecule has 1 aromatic heterocycles. The van der Waals surface area contributed by atoms with E-state index in [4.69, 9.17) is 0 Å². The highest BCUT2D eigenvalue weighted by Crippen LogP contribution is 2.27. The van der Waals surface area contributed by atoms with E-state index in [0.717, 1.165) is 0 Å². The van der Waals surface area contributed by atoms with Crippen LogP contribution in [-0.2, 0) is 12.5 Å². The normalized spacial score (nSPS) is 11.9. The van der Waals surface area contributed by atoms with Crippen molar-refractivity contribution in [3.8, 4) is 0 Å². The highest BCUT2D eigenvalue weighted by molar-refractivity contribution is 6.01. The number of pyridine rings is 1. The molecule has 0 aliphatic carbocycles. The Morgan fingerprint density at radius 1 is 0.679 bits per heavy atom. The van der Waals surface area contributed by atoms with Gasteiger partial charge in [0.25, 0.3) is 0 Å². The van der Waals surface area contributed by atoms with Gasteiger partial charge in [0.15, 0.2) is 0 Å². The third-order valence-corrected chi connectivity index (χ3v) is 5.33. The number of halogens is 1. The quantitative estimate of drug-likeness (QED) is 0.236. The zero-order chi connectivity index (χ0) is 19.0. The predicted octanol–water partition coefficient (Wildman–Crippen LogP) is 3.29. The first-order valence-corrected chi connectivity index (χ1v) is 9.53. The van der Waals surface area contributed by atoms with Crippen LogP contribution in [0.25, 0.3) is 34.0 Å². The highest BCUT2D eigenvalue weighted by Gasteiger charge is 2.15. The van der Waals surface area contributed by atoms with Crippen molar-refractivity contribution < 1.29 is 28.5 Å². The second-order valence-electron chi connectivity index (χ2n) is 8.21. The standard InChI is InChI=1S/C26H26N.HI/c1-26(2,3)20-16-13-19(14-17-20)15-18-21-22-9-5-7-11-24(22)27(4)25-12-8-6-10-23(21)25;/h5-18H,1-4H3;1H/q+1;/p-1/b18-15+;. The topological polar surface area (TPSA) is 3.88 Å². The summed E-state index contributed by atoms with van der Waals surface area (Å²) < 4.78 is 2.28. The van der Waals surface area contributed by atoms with Gasteiger partial charge in [0.05, 0.1) is 10.8 Å². The Balaban J connectivity index is 0.00000225. The molecule has 0 saturated heterocycles. The summed E-state index contributed by atoms with van der Waals surface area (Å²) in [4.78, 5) is 0. The molecule has 0 radical (unpaired) electrons. The molecule has 0 N–H and O–H groups in total. The van der Waals surface area contributed by atoms with E-state index in [0.29, 0.717) is 0 Å². The average molecular weight is 479 g/mol. The molecule has 0 bridgehead atoms. The Hall–Kier alpha value is -2.20. The van der Waals surface area contributed by atoms with Crippen LogP contribution < -0.4 is 28.5 Å². The van der Waals surface area contributed by atoms with E-state index in [1.165, 1.54) is 38.5 Å². The van der Waals surface area contributed by atoms with Gasteiger partial charge in [0, 0.05) is 17.7 Å². The molecule has 4 aromatic rings. The number of aromatic nitrogens is 1. The third kappa shape index (κ3) is 3.83. The first-order chi connectivity index (χ1) is 12.9. The molecule has 2 heteroatoms. The lowest BCUT2D eigenvalue weighted by atomic mass is 9.86. The molecule has 0 atom stereocenters. The minimum absolute atomic E-state index is 0. The lowest BCUT2D eigenvalue weighted by Crippen LogP contribution is -3.00. The molecule has 1 nitrogen and oxygen atoms in total. The fraction of sp³-hybridized carbons (Fsp3) is 0.192. The van der Waals surface area contributed by atoms with Crippen molar-refractivity contribution in [2.45, 2.75) is 26.2 Å². The maximum atomic E-state index is 2.28. The zero-order valence-corrected chi connectivity index (χ0v) is 19.1. The zero-order valence-electron chi connectivity index (χ0n) is 16.9. The number of aryl methyl sites for hydroxylation is 1. The first kappa shape index (κ1) is 20.5. The molecule has 1 heterocycles.